The number of hydrogen-bond acceptors (Lipinski definition) is 9. The molecular weight excluding hydrogens is 444 g/mol. The fourth-order valence-corrected chi connectivity index (χ4v) is 4.14. The normalized spacial score (nSPS) is 19.1. The van der Waals surface area contributed by atoms with Crippen LogP contribution in [0.1, 0.15) is 40.8 Å². The van der Waals surface area contributed by atoms with Crippen LogP contribution in [0.15, 0.2) is 18.5 Å². The van der Waals surface area contributed by atoms with Crippen LogP contribution < -0.4 is 5.32 Å². The molecule has 11 nitrogen and oxygen atoms in total. The number of anilines is 1. The van der Waals surface area contributed by atoms with Crippen LogP contribution in [0.3, 0.4) is 0 Å². The number of imidazole rings is 1. The number of halogens is 1. The number of rotatable bonds is 9. The number of ether oxygens (including phenoxy) is 2. The van der Waals surface area contributed by atoms with Crippen LogP contribution in [0.4, 0.5) is 10.2 Å². The first-order valence-electron chi connectivity index (χ1n) is 10.1. The Morgan fingerprint density at radius 3 is 2.56 bits per heavy atom. The minimum Gasteiger partial charge on any atom is -0.336 e. The highest BCUT2D eigenvalue weighted by molar-refractivity contribution is 7.53. The van der Waals surface area contributed by atoms with E-state index in [1.165, 1.54) is 10.9 Å². The Labute approximate surface area is 184 Å². The first kappa shape index (κ1) is 24.4. The molecule has 1 N–H and O–H groups in total. The summed E-state index contributed by atoms with van der Waals surface area (Å²) in [6.45, 7) is 9.01. The maximum atomic E-state index is 14.1. The maximum absolute atomic E-state index is 14.1. The molecule has 2 atom stereocenters. The molecule has 176 valence electrons. The fraction of sp³-hybridized carbons (Fsp3) is 0.579. The number of aromatic nitrogens is 4. The SMILES string of the molecule is CCOP(=O)(CO[C@@H]1C=C[C@H](n2cnc3c(NC(=O)C(C)(C)C)nc(F)nc32)O1)OCC. The number of nitrogens with one attached hydrogen (secondary N) is 1. The second kappa shape index (κ2) is 9.72. The van der Waals surface area contributed by atoms with E-state index in [9.17, 15) is 13.8 Å². The predicted molar refractivity (Wildman–Crippen MR) is 113 cm³/mol. The molecule has 0 unspecified atom stereocenters. The molecule has 32 heavy (non-hydrogen) atoms. The van der Waals surface area contributed by atoms with Crippen LogP contribution in [0.5, 0.6) is 0 Å². The van der Waals surface area contributed by atoms with E-state index in [-0.39, 0.29) is 42.5 Å². The Hall–Kier alpha value is -2.24. The minimum atomic E-state index is -3.40. The summed E-state index contributed by atoms with van der Waals surface area (Å²) in [6.07, 6.45) is 1.80. The molecule has 13 heteroatoms. The molecular formula is C19H27FN5O6P. The van der Waals surface area contributed by atoms with Crippen LogP contribution in [-0.4, -0.2) is 51.3 Å². The zero-order valence-electron chi connectivity index (χ0n) is 18.6. The minimum absolute atomic E-state index is 0.0321. The Kier molecular flexibility index (Phi) is 7.41. The quantitative estimate of drug-likeness (QED) is 0.331. The van der Waals surface area contributed by atoms with E-state index >= 15 is 0 Å². The van der Waals surface area contributed by atoms with Crippen LogP contribution in [0.25, 0.3) is 11.2 Å². The van der Waals surface area contributed by atoms with Gasteiger partial charge in [-0.1, -0.05) is 20.8 Å². The van der Waals surface area contributed by atoms with Gasteiger partial charge >= 0.3 is 13.7 Å². The highest BCUT2D eigenvalue weighted by Crippen LogP contribution is 2.48. The molecule has 0 fully saturated rings. The Morgan fingerprint density at radius 1 is 1.25 bits per heavy atom. The van der Waals surface area contributed by atoms with Crippen molar-refractivity contribution in [1.29, 1.82) is 0 Å². The molecule has 2 aromatic heterocycles. The largest absolute Gasteiger partial charge is 0.356 e. The van der Waals surface area contributed by atoms with Crippen molar-refractivity contribution in [3.63, 3.8) is 0 Å². The number of carbonyl (C=O) groups excluding carboxylic acids is 1. The zero-order valence-corrected chi connectivity index (χ0v) is 19.5. The lowest BCUT2D eigenvalue weighted by molar-refractivity contribution is -0.126. The van der Waals surface area contributed by atoms with Crippen molar-refractivity contribution in [2.75, 3.05) is 24.9 Å². The molecule has 3 heterocycles. The highest BCUT2D eigenvalue weighted by atomic mass is 31.2. The summed E-state index contributed by atoms with van der Waals surface area (Å²) in [7, 11) is -3.40. The van der Waals surface area contributed by atoms with E-state index in [1.54, 1.807) is 46.8 Å². The second-order valence-electron chi connectivity index (χ2n) is 7.89. The van der Waals surface area contributed by atoms with Gasteiger partial charge in [-0.05, 0) is 26.0 Å². The smallest absolute Gasteiger partial charge is 0.336 e. The predicted octanol–water partition coefficient (Wildman–Crippen LogP) is 3.60. The summed E-state index contributed by atoms with van der Waals surface area (Å²) in [4.78, 5) is 24.0. The highest BCUT2D eigenvalue weighted by Gasteiger charge is 2.30. The first-order chi connectivity index (χ1) is 15.1. The van der Waals surface area contributed by atoms with E-state index in [0.717, 1.165) is 0 Å². The molecule has 0 saturated heterocycles. The molecule has 2 aromatic rings. The number of amides is 1. The lowest BCUT2D eigenvalue weighted by Gasteiger charge is -2.20. The van der Waals surface area contributed by atoms with E-state index in [1.807, 2.05) is 0 Å². The fourth-order valence-electron chi connectivity index (χ4n) is 2.80. The average Bonchev–Trinajstić information content (AvgIpc) is 3.32. The molecule has 0 spiro atoms. The van der Waals surface area contributed by atoms with Gasteiger partial charge in [0.25, 0.3) is 0 Å². The number of nitrogens with zero attached hydrogens (tertiary/aromatic N) is 4. The van der Waals surface area contributed by atoms with Gasteiger partial charge < -0.3 is 23.8 Å². The van der Waals surface area contributed by atoms with Gasteiger partial charge in [0.1, 0.15) is 0 Å². The molecule has 0 radical (unpaired) electrons. The second-order valence-corrected chi connectivity index (χ2v) is 9.89. The van der Waals surface area contributed by atoms with E-state index < -0.39 is 31.6 Å². The molecule has 1 aliphatic rings. The van der Waals surface area contributed by atoms with Crippen LogP contribution in [-0.2, 0) is 27.9 Å². The van der Waals surface area contributed by atoms with Crippen molar-refractivity contribution in [3.05, 3.63) is 24.6 Å². The lowest BCUT2D eigenvalue weighted by atomic mass is 9.96. The molecule has 0 aliphatic carbocycles. The van der Waals surface area contributed by atoms with Crippen LogP contribution >= 0.6 is 7.60 Å². The van der Waals surface area contributed by atoms with Gasteiger partial charge in [0.05, 0.1) is 19.5 Å². The van der Waals surface area contributed by atoms with Gasteiger partial charge in [-0.3, -0.25) is 13.9 Å². The van der Waals surface area contributed by atoms with Crippen molar-refractivity contribution in [2.45, 2.75) is 47.1 Å². The summed E-state index contributed by atoms with van der Waals surface area (Å²) in [6, 6.07) is 0. The summed E-state index contributed by atoms with van der Waals surface area (Å²) < 4.78 is 49.8. The molecule has 0 aromatic carbocycles. The molecule has 3 rings (SSSR count). The number of carbonyl (C=O) groups is 1. The topological polar surface area (TPSA) is 127 Å². The van der Waals surface area contributed by atoms with E-state index in [0.29, 0.717) is 0 Å². The molecule has 1 aliphatic heterocycles. The Morgan fingerprint density at radius 2 is 1.94 bits per heavy atom. The zero-order chi connectivity index (χ0) is 23.5. The molecule has 0 saturated carbocycles. The summed E-state index contributed by atoms with van der Waals surface area (Å²) in [5.41, 5.74) is -0.366. The Balaban J connectivity index is 1.75. The third-order valence-electron chi connectivity index (χ3n) is 4.34. The van der Waals surface area contributed by atoms with Gasteiger partial charge in [-0.15, -0.1) is 0 Å². The van der Waals surface area contributed by atoms with Crippen molar-refractivity contribution in [1.82, 2.24) is 19.5 Å². The number of hydrogen-bond donors (Lipinski definition) is 1. The third kappa shape index (κ3) is 5.57. The van der Waals surface area contributed by atoms with Crippen molar-refractivity contribution < 1.29 is 32.3 Å². The van der Waals surface area contributed by atoms with Crippen molar-refractivity contribution >= 4 is 30.5 Å². The van der Waals surface area contributed by atoms with Gasteiger partial charge in [0.15, 0.2) is 35.8 Å². The van der Waals surface area contributed by atoms with Crippen LogP contribution in [0, 0.1) is 11.5 Å². The van der Waals surface area contributed by atoms with E-state index in [4.69, 9.17) is 18.5 Å². The van der Waals surface area contributed by atoms with Gasteiger partial charge in [-0.25, -0.2) is 4.98 Å². The average molecular weight is 471 g/mol. The first-order valence-corrected chi connectivity index (χ1v) is 11.8. The maximum Gasteiger partial charge on any atom is 0.356 e. The molecule has 0 bridgehead atoms. The Bertz CT molecular complexity index is 1040. The monoisotopic (exact) mass is 471 g/mol. The van der Waals surface area contributed by atoms with Gasteiger partial charge in [0, 0.05) is 5.41 Å². The summed E-state index contributed by atoms with van der Waals surface area (Å²) in [5, 5.41) is 2.59. The van der Waals surface area contributed by atoms with Gasteiger partial charge in [-0.2, -0.15) is 14.4 Å². The van der Waals surface area contributed by atoms with Crippen molar-refractivity contribution in [2.24, 2.45) is 5.41 Å². The summed E-state index contributed by atoms with van der Waals surface area (Å²) >= 11 is 0. The summed E-state index contributed by atoms with van der Waals surface area (Å²) in [5.74, 6) is -0.375. The molecule has 1 amide bonds. The van der Waals surface area contributed by atoms with Gasteiger partial charge in [0.2, 0.25) is 5.91 Å². The van der Waals surface area contributed by atoms with Crippen molar-refractivity contribution in [3.8, 4) is 0 Å². The standard InChI is InChI=1S/C19H27FN5O6P/c1-6-29-32(27,30-7-2)11-28-13-9-8-12(31-13)25-10-21-14-15(22-17(26)19(3,4)5)23-18(20)24-16(14)25/h8-10,12-13H,6-7,11H2,1-5H3,(H,22,23,24,26)/t12-,13+/m1/s1. The lowest BCUT2D eigenvalue weighted by Crippen LogP contribution is -2.28. The third-order valence-corrected chi connectivity index (χ3v) is 6.10. The van der Waals surface area contributed by atoms with E-state index in [2.05, 4.69) is 20.3 Å². The van der Waals surface area contributed by atoms with Crippen LogP contribution in [0.2, 0.25) is 0 Å². The number of fused-ring (bicyclic) bond motifs is 1.